The van der Waals surface area contributed by atoms with Crippen molar-refractivity contribution in [2.24, 2.45) is 0 Å². The van der Waals surface area contributed by atoms with E-state index in [2.05, 4.69) is 45.9 Å². The maximum Gasteiger partial charge on any atom is 0.323 e. The first kappa shape index (κ1) is 15.8. The standard InChI is InChI=1S/C14H25N5O2/c1-5-7-15-11-16-12(18-13(17-11)20-6-2)19-8-9-21-14(3,4)10-19/h5-10H2,1-4H3,(H,15,16,17,18). The van der Waals surface area contributed by atoms with Crippen LogP contribution in [-0.2, 0) is 4.74 Å². The third-order valence-corrected chi connectivity index (χ3v) is 3.12. The van der Waals surface area contributed by atoms with Gasteiger partial charge in [-0.15, -0.1) is 0 Å². The van der Waals surface area contributed by atoms with Gasteiger partial charge in [-0.25, -0.2) is 0 Å². The van der Waals surface area contributed by atoms with Crippen LogP contribution in [0.3, 0.4) is 0 Å². The van der Waals surface area contributed by atoms with Gasteiger partial charge < -0.3 is 19.7 Å². The average Bonchev–Trinajstić information content (AvgIpc) is 2.44. The molecule has 0 atom stereocenters. The number of morpholine rings is 1. The van der Waals surface area contributed by atoms with Gasteiger partial charge in [-0.1, -0.05) is 6.92 Å². The highest BCUT2D eigenvalue weighted by molar-refractivity contribution is 5.39. The predicted octanol–water partition coefficient (Wildman–Crippen LogP) is 1.71. The Balaban J connectivity index is 2.21. The summed E-state index contributed by atoms with van der Waals surface area (Å²) in [5.41, 5.74) is -0.201. The summed E-state index contributed by atoms with van der Waals surface area (Å²) in [5.74, 6) is 1.21. The maximum absolute atomic E-state index is 5.73. The van der Waals surface area contributed by atoms with Crippen molar-refractivity contribution in [3.8, 4) is 6.01 Å². The van der Waals surface area contributed by atoms with Gasteiger partial charge in [0.15, 0.2) is 0 Å². The van der Waals surface area contributed by atoms with Crippen molar-refractivity contribution in [3.05, 3.63) is 0 Å². The summed E-state index contributed by atoms with van der Waals surface area (Å²) in [6.07, 6.45) is 1.01. The summed E-state index contributed by atoms with van der Waals surface area (Å²) in [4.78, 5) is 15.3. The summed E-state index contributed by atoms with van der Waals surface area (Å²) >= 11 is 0. The van der Waals surface area contributed by atoms with Gasteiger partial charge in [0.25, 0.3) is 0 Å². The first-order valence-corrected chi connectivity index (χ1v) is 7.55. The van der Waals surface area contributed by atoms with Crippen molar-refractivity contribution in [1.82, 2.24) is 15.0 Å². The van der Waals surface area contributed by atoms with Crippen molar-refractivity contribution >= 4 is 11.9 Å². The zero-order chi connectivity index (χ0) is 15.3. The highest BCUT2D eigenvalue weighted by Crippen LogP contribution is 2.22. The molecule has 0 radical (unpaired) electrons. The quantitative estimate of drug-likeness (QED) is 0.856. The van der Waals surface area contributed by atoms with E-state index >= 15 is 0 Å². The molecule has 21 heavy (non-hydrogen) atoms. The first-order valence-electron chi connectivity index (χ1n) is 7.55. The minimum atomic E-state index is -0.201. The molecule has 1 N–H and O–H groups in total. The zero-order valence-corrected chi connectivity index (χ0v) is 13.3. The number of nitrogens with one attached hydrogen (secondary N) is 1. The molecule has 2 heterocycles. The summed E-state index contributed by atoms with van der Waals surface area (Å²) in [5, 5.41) is 3.19. The van der Waals surface area contributed by atoms with Gasteiger partial charge in [0, 0.05) is 19.6 Å². The Hall–Kier alpha value is -1.63. The molecular weight excluding hydrogens is 270 g/mol. The van der Waals surface area contributed by atoms with Crippen LogP contribution in [0.25, 0.3) is 0 Å². The molecule has 1 aromatic rings. The number of rotatable bonds is 6. The second-order valence-corrected chi connectivity index (χ2v) is 5.63. The monoisotopic (exact) mass is 295 g/mol. The van der Waals surface area contributed by atoms with E-state index in [1.54, 1.807) is 0 Å². The van der Waals surface area contributed by atoms with E-state index in [1.807, 2.05) is 6.92 Å². The minimum Gasteiger partial charge on any atom is -0.464 e. The molecule has 0 unspecified atom stereocenters. The van der Waals surface area contributed by atoms with Crippen LogP contribution in [-0.4, -0.2) is 53.4 Å². The van der Waals surface area contributed by atoms with E-state index < -0.39 is 0 Å². The molecule has 0 bridgehead atoms. The largest absolute Gasteiger partial charge is 0.464 e. The van der Waals surface area contributed by atoms with Crippen LogP contribution >= 0.6 is 0 Å². The van der Waals surface area contributed by atoms with Gasteiger partial charge in [-0.3, -0.25) is 0 Å². The summed E-state index contributed by atoms with van der Waals surface area (Å²) in [6, 6.07) is 0.366. The number of hydrogen-bond acceptors (Lipinski definition) is 7. The molecule has 1 aliphatic rings. The average molecular weight is 295 g/mol. The van der Waals surface area contributed by atoms with Crippen molar-refractivity contribution in [2.75, 3.05) is 43.1 Å². The summed E-state index contributed by atoms with van der Waals surface area (Å²) in [6.45, 7) is 11.7. The third-order valence-electron chi connectivity index (χ3n) is 3.12. The summed E-state index contributed by atoms with van der Waals surface area (Å²) < 4.78 is 11.2. The van der Waals surface area contributed by atoms with E-state index in [4.69, 9.17) is 9.47 Å². The van der Waals surface area contributed by atoms with Crippen molar-refractivity contribution in [3.63, 3.8) is 0 Å². The lowest BCUT2D eigenvalue weighted by Crippen LogP contribution is -2.49. The number of aromatic nitrogens is 3. The molecule has 1 aliphatic heterocycles. The van der Waals surface area contributed by atoms with Crippen LogP contribution in [0.2, 0.25) is 0 Å². The fraction of sp³-hybridized carbons (Fsp3) is 0.786. The van der Waals surface area contributed by atoms with E-state index in [1.165, 1.54) is 0 Å². The van der Waals surface area contributed by atoms with Crippen LogP contribution < -0.4 is 15.0 Å². The molecule has 0 amide bonds. The van der Waals surface area contributed by atoms with E-state index in [9.17, 15) is 0 Å². The van der Waals surface area contributed by atoms with Gasteiger partial charge in [0.1, 0.15) is 0 Å². The van der Waals surface area contributed by atoms with Crippen LogP contribution in [0, 0.1) is 0 Å². The lowest BCUT2D eigenvalue weighted by Gasteiger charge is -2.38. The van der Waals surface area contributed by atoms with Crippen molar-refractivity contribution < 1.29 is 9.47 Å². The number of anilines is 2. The fourth-order valence-electron chi connectivity index (χ4n) is 2.18. The lowest BCUT2D eigenvalue weighted by molar-refractivity contribution is -0.0281. The third kappa shape index (κ3) is 4.42. The maximum atomic E-state index is 5.73. The molecule has 7 heteroatoms. The van der Waals surface area contributed by atoms with E-state index in [0.717, 1.165) is 26.1 Å². The smallest absolute Gasteiger partial charge is 0.323 e. The Morgan fingerprint density at radius 1 is 1.29 bits per heavy atom. The molecule has 7 nitrogen and oxygen atoms in total. The fourth-order valence-corrected chi connectivity index (χ4v) is 2.18. The Morgan fingerprint density at radius 3 is 2.76 bits per heavy atom. The highest BCUT2D eigenvalue weighted by Gasteiger charge is 2.29. The Morgan fingerprint density at radius 2 is 2.10 bits per heavy atom. The van der Waals surface area contributed by atoms with Crippen LogP contribution in [0.15, 0.2) is 0 Å². The van der Waals surface area contributed by atoms with Crippen molar-refractivity contribution in [2.45, 2.75) is 39.7 Å². The van der Waals surface area contributed by atoms with Crippen LogP contribution in [0.5, 0.6) is 6.01 Å². The molecule has 1 saturated heterocycles. The lowest BCUT2D eigenvalue weighted by atomic mass is 10.1. The Bertz CT molecular complexity index is 467. The molecule has 2 rings (SSSR count). The van der Waals surface area contributed by atoms with E-state index in [-0.39, 0.29) is 5.60 Å². The Labute approximate surface area is 126 Å². The van der Waals surface area contributed by atoms with E-state index in [0.29, 0.717) is 31.1 Å². The molecule has 0 saturated carbocycles. The van der Waals surface area contributed by atoms with Gasteiger partial charge in [0.05, 0.1) is 18.8 Å². The van der Waals surface area contributed by atoms with Crippen molar-refractivity contribution in [1.29, 1.82) is 0 Å². The first-order chi connectivity index (χ1) is 10.0. The molecular formula is C14H25N5O2. The van der Waals surface area contributed by atoms with Crippen LogP contribution in [0.4, 0.5) is 11.9 Å². The molecule has 118 valence electrons. The second kappa shape index (κ2) is 6.89. The molecule has 0 spiro atoms. The van der Waals surface area contributed by atoms with Gasteiger partial charge >= 0.3 is 6.01 Å². The SMILES string of the molecule is CCCNc1nc(OCC)nc(N2CCOC(C)(C)C2)n1. The normalized spacial score (nSPS) is 17.6. The van der Waals surface area contributed by atoms with Gasteiger partial charge in [0.2, 0.25) is 11.9 Å². The highest BCUT2D eigenvalue weighted by atomic mass is 16.5. The molecule has 1 fully saturated rings. The minimum absolute atomic E-state index is 0.201. The topological polar surface area (TPSA) is 72.4 Å². The molecule has 1 aromatic heterocycles. The number of ether oxygens (including phenoxy) is 2. The van der Waals surface area contributed by atoms with Gasteiger partial charge in [-0.2, -0.15) is 15.0 Å². The molecule has 0 aliphatic carbocycles. The summed E-state index contributed by atoms with van der Waals surface area (Å²) in [7, 11) is 0. The predicted molar refractivity (Wildman–Crippen MR) is 82.0 cm³/mol. The van der Waals surface area contributed by atoms with Gasteiger partial charge in [-0.05, 0) is 27.2 Å². The van der Waals surface area contributed by atoms with Crippen LogP contribution in [0.1, 0.15) is 34.1 Å². The number of hydrogen-bond donors (Lipinski definition) is 1. The number of nitrogens with zero attached hydrogens (tertiary/aromatic N) is 4. The second-order valence-electron chi connectivity index (χ2n) is 5.63. The zero-order valence-electron chi connectivity index (χ0n) is 13.3. The Kier molecular flexibility index (Phi) is 5.17. The molecule has 0 aromatic carbocycles.